The van der Waals surface area contributed by atoms with Crippen LogP contribution in [0, 0.1) is 11.3 Å². The van der Waals surface area contributed by atoms with Crippen molar-refractivity contribution in [3.05, 3.63) is 70.2 Å². The number of nitriles is 1. The maximum atomic E-state index is 9.59. The van der Waals surface area contributed by atoms with Crippen LogP contribution >= 0.6 is 11.3 Å². The predicted octanol–water partition coefficient (Wildman–Crippen LogP) is 4.43. The number of benzene rings is 1. The highest BCUT2D eigenvalue weighted by Crippen LogP contribution is 2.38. The van der Waals surface area contributed by atoms with Gasteiger partial charge in [0.15, 0.2) is 11.5 Å². The van der Waals surface area contributed by atoms with Gasteiger partial charge in [0.25, 0.3) is 0 Å². The van der Waals surface area contributed by atoms with Gasteiger partial charge < -0.3 is 14.0 Å². The first-order chi connectivity index (χ1) is 12.3. The molecule has 0 saturated carbocycles. The molecule has 3 aromatic rings. The van der Waals surface area contributed by atoms with Gasteiger partial charge in [0.1, 0.15) is 19.3 Å². The standard InChI is InChI=1S/C20H16N2O2S/c21-12-16(19-7-4-10-25-19)11-17-20-18(23-8-9-24-20)14-22(17)13-15-5-2-1-3-6-15/h1-7,10-11,14H,8-9,13H2/b16-11+. The molecule has 0 aliphatic carbocycles. The minimum atomic E-state index is 0.518. The Morgan fingerprint density at radius 2 is 2.00 bits per heavy atom. The molecule has 0 N–H and O–H groups in total. The van der Waals surface area contributed by atoms with Crippen molar-refractivity contribution in [3.63, 3.8) is 0 Å². The van der Waals surface area contributed by atoms with Crippen LogP contribution < -0.4 is 9.47 Å². The van der Waals surface area contributed by atoms with E-state index in [1.165, 1.54) is 5.56 Å². The minimum Gasteiger partial charge on any atom is -0.485 e. The first-order valence-corrected chi connectivity index (χ1v) is 8.91. The molecule has 4 rings (SSSR count). The van der Waals surface area contributed by atoms with Gasteiger partial charge in [-0.05, 0) is 23.1 Å². The summed E-state index contributed by atoms with van der Waals surface area (Å²) in [5, 5.41) is 11.6. The lowest BCUT2D eigenvalue weighted by atomic mass is 10.2. The first-order valence-electron chi connectivity index (χ1n) is 8.03. The topological polar surface area (TPSA) is 47.2 Å². The maximum absolute atomic E-state index is 9.59. The van der Waals surface area contributed by atoms with Gasteiger partial charge in [0, 0.05) is 11.4 Å². The Bertz CT molecular complexity index is 934. The highest BCUT2D eigenvalue weighted by atomic mass is 32.1. The molecule has 25 heavy (non-hydrogen) atoms. The Labute approximate surface area is 150 Å². The average molecular weight is 348 g/mol. The van der Waals surface area contributed by atoms with Crippen LogP contribution in [0.3, 0.4) is 0 Å². The summed E-state index contributed by atoms with van der Waals surface area (Å²) in [7, 11) is 0. The van der Waals surface area contributed by atoms with Gasteiger partial charge in [-0.3, -0.25) is 0 Å². The quantitative estimate of drug-likeness (QED) is 0.655. The molecule has 124 valence electrons. The Kier molecular flexibility index (Phi) is 4.28. The highest BCUT2D eigenvalue weighted by molar-refractivity contribution is 7.11. The van der Waals surface area contributed by atoms with E-state index in [-0.39, 0.29) is 0 Å². The lowest BCUT2D eigenvalue weighted by molar-refractivity contribution is 0.173. The summed E-state index contributed by atoms with van der Waals surface area (Å²) >= 11 is 1.55. The summed E-state index contributed by atoms with van der Waals surface area (Å²) in [5.74, 6) is 1.45. The van der Waals surface area contributed by atoms with Crippen molar-refractivity contribution in [1.29, 1.82) is 5.26 Å². The summed E-state index contributed by atoms with van der Waals surface area (Å²) in [6.07, 6.45) is 3.85. The number of hydrogen-bond acceptors (Lipinski definition) is 4. The van der Waals surface area contributed by atoms with Gasteiger partial charge in [0.2, 0.25) is 0 Å². The zero-order chi connectivity index (χ0) is 17.1. The largest absolute Gasteiger partial charge is 0.485 e. The zero-order valence-electron chi connectivity index (χ0n) is 13.5. The van der Waals surface area contributed by atoms with Crippen LogP contribution in [0.25, 0.3) is 11.6 Å². The molecule has 1 aromatic carbocycles. The maximum Gasteiger partial charge on any atom is 0.186 e. The number of hydrogen-bond donors (Lipinski definition) is 0. The number of rotatable bonds is 4. The summed E-state index contributed by atoms with van der Waals surface area (Å²) in [5.41, 5.74) is 2.67. The van der Waals surface area contributed by atoms with Gasteiger partial charge in [-0.15, -0.1) is 11.3 Å². The average Bonchev–Trinajstić information content (AvgIpc) is 3.29. The van der Waals surface area contributed by atoms with Crippen molar-refractivity contribution in [3.8, 4) is 17.6 Å². The molecule has 0 radical (unpaired) electrons. The number of aromatic nitrogens is 1. The molecule has 3 heterocycles. The summed E-state index contributed by atoms with van der Waals surface area (Å²) in [6.45, 7) is 1.75. The lowest BCUT2D eigenvalue weighted by Crippen LogP contribution is -2.14. The summed E-state index contributed by atoms with van der Waals surface area (Å²) < 4.78 is 13.7. The third-order valence-electron chi connectivity index (χ3n) is 4.01. The molecule has 0 spiro atoms. The first kappa shape index (κ1) is 15.6. The van der Waals surface area contributed by atoms with Crippen molar-refractivity contribution in [1.82, 2.24) is 4.57 Å². The minimum absolute atomic E-state index is 0.518. The number of allylic oxidation sites excluding steroid dienone is 1. The summed E-state index contributed by atoms with van der Waals surface area (Å²) in [4.78, 5) is 0.945. The van der Waals surface area contributed by atoms with Gasteiger partial charge in [0.05, 0.1) is 17.5 Å². The van der Waals surface area contributed by atoms with Crippen molar-refractivity contribution in [2.24, 2.45) is 0 Å². The summed E-state index contributed by atoms with van der Waals surface area (Å²) in [6, 6.07) is 16.4. The number of ether oxygens (including phenoxy) is 2. The smallest absolute Gasteiger partial charge is 0.186 e. The van der Waals surface area contributed by atoms with Crippen LogP contribution in [0.2, 0.25) is 0 Å². The van der Waals surface area contributed by atoms with E-state index in [1.54, 1.807) is 11.3 Å². The van der Waals surface area contributed by atoms with E-state index >= 15 is 0 Å². The van der Waals surface area contributed by atoms with E-state index < -0.39 is 0 Å². The van der Waals surface area contributed by atoms with E-state index in [0.29, 0.717) is 31.1 Å². The normalized spacial score (nSPS) is 13.5. The van der Waals surface area contributed by atoms with Gasteiger partial charge in [-0.2, -0.15) is 5.26 Å². The van der Waals surface area contributed by atoms with Gasteiger partial charge in [-0.1, -0.05) is 36.4 Å². The molecular weight excluding hydrogens is 332 g/mol. The zero-order valence-corrected chi connectivity index (χ0v) is 14.3. The van der Waals surface area contributed by atoms with Crippen LogP contribution in [-0.2, 0) is 6.54 Å². The highest BCUT2D eigenvalue weighted by Gasteiger charge is 2.21. The fourth-order valence-electron chi connectivity index (χ4n) is 2.86. The Morgan fingerprint density at radius 1 is 1.16 bits per heavy atom. The number of thiophene rings is 1. The number of nitrogens with zero attached hydrogens (tertiary/aromatic N) is 2. The lowest BCUT2D eigenvalue weighted by Gasteiger charge is -2.15. The van der Waals surface area contributed by atoms with E-state index in [0.717, 1.165) is 16.3 Å². The fraction of sp³-hybridized carbons (Fsp3) is 0.150. The molecule has 1 aliphatic heterocycles. The molecule has 5 heteroatoms. The van der Waals surface area contributed by atoms with Crippen LogP contribution in [0.4, 0.5) is 0 Å². The third kappa shape index (κ3) is 3.17. The molecule has 0 amide bonds. The van der Waals surface area contributed by atoms with Crippen LogP contribution in [0.5, 0.6) is 11.5 Å². The molecule has 0 unspecified atom stereocenters. The molecule has 0 atom stereocenters. The van der Waals surface area contributed by atoms with E-state index in [2.05, 4.69) is 22.8 Å². The van der Waals surface area contributed by atoms with Crippen molar-refractivity contribution >= 4 is 23.0 Å². The monoisotopic (exact) mass is 348 g/mol. The second-order valence-corrected chi connectivity index (χ2v) is 6.61. The van der Waals surface area contributed by atoms with Crippen LogP contribution in [0.1, 0.15) is 16.1 Å². The Morgan fingerprint density at radius 3 is 2.76 bits per heavy atom. The van der Waals surface area contributed by atoms with E-state index in [4.69, 9.17) is 9.47 Å². The molecule has 0 saturated heterocycles. The Balaban J connectivity index is 1.79. The Hall–Kier alpha value is -2.97. The fourth-order valence-corrected chi connectivity index (χ4v) is 3.55. The molecule has 0 fully saturated rings. The van der Waals surface area contributed by atoms with Crippen molar-refractivity contribution in [2.75, 3.05) is 13.2 Å². The van der Waals surface area contributed by atoms with Gasteiger partial charge >= 0.3 is 0 Å². The second kappa shape index (κ2) is 6.88. The SMILES string of the molecule is N#C/C(=C\c1c2c(cn1Cc1ccccc1)OCCO2)c1cccs1. The van der Waals surface area contributed by atoms with Gasteiger partial charge in [-0.25, -0.2) is 0 Å². The number of fused-ring (bicyclic) bond motifs is 1. The van der Waals surface area contributed by atoms with Crippen molar-refractivity contribution in [2.45, 2.75) is 6.54 Å². The van der Waals surface area contributed by atoms with Crippen LogP contribution in [0.15, 0.2) is 54.0 Å². The predicted molar refractivity (Wildman–Crippen MR) is 98.8 cm³/mol. The molecule has 1 aliphatic rings. The van der Waals surface area contributed by atoms with E-state index in [9.17, 15) is 5.26 Å². The molecule has 0 bridgehead atoms. The van der Waals surface area contributed by atoms with Crippen LogP contribution in [-0.4, -0.2) is 17.8 Å². The molecule has 4 nitrogen and oxygen atoms in total. The van der Waals surface area contributed by atoms with Crippen molar-refractivity contribution < 1.29 is 9.47 Å². The molecule has 2 aromatic heterocycles. The second-order valence-electron chi connectivity index (χ2n) is 5.67. The molecular formula is C20H16N2O2S. The van der Waals surface area contributed by atoms with E-state index in [1.807, 2.05) is 48.0 Å². The third-order valence-corrected chi connectivity index (χ3v) is 4.91.